The summed E-state index contributed by atoms with van der Waals surface area (Å²) < 4.78 is 6.32. The third kappa shape index (κ3) is 5.61. The Bertz CT molecular complexity index is 1090. The Morgan fingerprint density at radius 1 is 0.605 bits per heavy atom. The standard InChI is InChI=1S/C32H41N3O3/c36-31(34-18-1-2-19-34)26-6-8-27(9-7-26)32(37)35-20-14-25(15-21-35)24-10-12-29(13-11-24)38-30-16-22-33(23-17-30)28-4-3-5-28/h6-13,25,28,30H,1-5,14-23H2. The molecule has 0 bridgehead atoms. The molecule has 1 saturated carbocycles. The Hall–Kier alpha value is -2.86. The lowest BCUT2D eigenvalue weighted by Gasteiger charge is -2.41. The number of likely N-dealkylation sites (tertiary alicyclic amines) is 3. The number of carbonyl (C=O) groups excluding carboxylic acids is 2. The fraction of sp³-hybridized carbons (Fsp3) is 0.562. The molecular weight excluding hydrogens is 474 g/mol. The lowest BCUT2D eigenvalue weighted by molar-refractivity contribution is 0.0493. The molecule has 0 radical (unpaired) electrons. The number of hydrogen-bond donors (Lipinski definition) is 0. The first-order valence-corrected chi connectivity index (χ1v) is 14.8. The fourth-order valence-corrected chi connectivity index (χ4v) is 6.58. The maximum atomic E-state index is 13.1. The van der Waals surface area contributed by atoms with Gasteiger partial charge in [-0.2, -0.15) is 0 Å². The van der Waals surface area contributed by atoms with Crippen LogP contribution in [-0.4, -0.2) is 77.9 Å². The van der Waals surface area contributed by atoms with Gasteiger partial charge in [-0.25, -0.2) is 0 Å². The molecule has 38 heavy (non-hydrogen) atoms. The van der Waals surface area contributed by atoms with Crippen LogP contribution in [0.2, 0.25) is 0 Å². The Kier molecular flexibility index (Phi) is 7.68. The first kappa shape index (κ1) is 25.4. The van der Waals surface area contributed by atoms with Gasteiger partial charge in [-0.1, -0.05) is 18.6 Å². The summed E-state index contributed by atoms with van der Waals surface area (Å²) in [6.07, 6.45) is 10.9. The molecule has 4 fully saturated rings. The molecular formula is C32H41N3O3. The van der Waals surface area contributed by atoms with Gasteiger partial charge in [0, 0.05) is 56.4 Å². The smallest absolute Gasteiger partial charge is 0.253 e. The number of benzene rings is 2. The zero-order valence-corrected chi connectivity index (χ0v) is 22.5. The van der Waals surface area contributed by atoms with Crippen LogP contribution >= 0.6 is 0 Å². The summed E-state index contributed by atoms with van der Waals surface area (Å²) in [5, 5.41) is 0. The summed E-state index contributed by atoms with van der Waals surface area (Å²) >= 11 is 0. The molecule has 0 aromatic heterocycles. The molecule has 3 saturated heterocycles. The van der Waals surface area contributed by atoms with E-state index in [9.17, 15) is 9.59 Å². The Balaban J connectivity index is 0.966. The number of rotatable bonds is 6. The molecule has 1 aliphatic carbocycles. The molecule has 6 nitrogen and oxygen atoms in total. The van der Waals surface area contributed by atoms with Gasteiger partial charge in [-0.15, -0.1) is 0 Å². The Morgan fingerprint density at radius 3 is 1.68 bits per heavy atom. The number of hydrogen-bond acceptors (Lipinski definition) is 4. The van der Waals surface area contributed by atoms with Gasteiger partial charge in [0.05, 0.1) is 0 Å². The zero-order valence-electron chi connectivity index (χ0n) is 22.5. The Morgan fingerprint density at radius 2 is 1.16 bits per heavy atom. The van der Waals surface area contributed by atoms with Crippen LogP contribution in [0.15, 0.2) is 48.5 Å². The molecule has 2 aromatic rings. The Labute approximate surface area is 226 Å². The van der Waals surface area contributed by atoms with Gasteiger partial charge in [0.1, 0.15) is 11.9 Å². The minimum Gasteiger partial charge on any atom is -0.490 e. The molecule has 6 heteroatoms. The number of piperidine rings is 2. The van der Waals surface area contributed by atoms with Gasteiger partial charge in [0.15, 0.2) is 0 Å². The zero-order chi connectivity index (χ0) is 25.9. The van der Waals surface area contributed by atoms with Crippen LogP contribution in [-0.2, 0) is 0 Å². The van der Waals surface area contributed by atoms with Gasteiger partial charge in [-0.3, -0.25) is 9.59 Å². The molecule has 2 aromatic carbocycles. The van der Waals surface area contributed by atoms with E-state index in [0.29, 0.717) is 23.1 Å². The van der Waals surface area contributed by atoms with Crippen molar-refractivity contribution in [1.29, 1.82) is 0 Å². The van der Waals surface area contributed by atoms with E-state index < -0.39 is 0 Å². The highest BCUT2D eigenvalue weighted by Gasteiger charge is 2.30. The van der Waals surface area contributed by atoms with E-state index in [2.05, 4.69) is 29.2 Å². The third-order valence-corrected chi connectivity index (χ3v) is 9.28. The van der Waals surface area contributed by atoms with Crippen LogP contribution in [0.3, 0.4) is 0 Å². The van der Waals surface area contributed by atoms with E-state index >= 15 is 0 Å². The minimum absolute atomic E-state index is 0.0655. The molecule has 202 valence electrons. The topological polar surface area (TPSA) is 53.1 Å². The lowest BCUT2D eigenvalue weighted by Crippen LogP contribution is -2.46. The van der Waals surface area contributed by atoms with Gasteiger partial charge in [-0.05, 0) is 99.2 Å². The lowest BCUT2D eigenvalue weighted by atomic mass is 9.89. The summed E-state index contributed by atoms with van der Waals surface area (Å²) in [4.78, 5) is 32.2. The van der Waals surface area contributed by atoms with Gasteiger partial charge in [0.2, 0.25) is 0 Å². The largest absolute Gasteiger partial charge is 0.490 e. The van der Waals surface area contributed by atoms with Gasteiger partial charge < -0.3 is 19.4 Å². The normalized spacial score (nSPS) is 21.9. The molecule has 3 aliphatic heterocycles. The van der Waals surface area contributed by atoms with Crippen molar-refractivity contribution in [2.45, 2.75) is 75.9 Å². The highest BCUT2D eigenvalue weighted by Crippen LogP contribution is 2.32. The highest BCUT2D eigenvalue weighted by atomic mass is 16.5. The van der Waals surface area contributed by atoms with Crippen molar-refractivity contribution in [2.75, 3.05) is 39.3 Å². The van der Waals surface area contributed by atoms with E-state index in [0.717, 1.165) is 76.5 Å². The number of carbonyl (C=O) groups is 2. The predicted octanol–water partition coefficient (Wildman–Crippen LogP) is 5.34. The first-order valence-electron chi connectivity index (χ1n) is 14.8. The average Bonchev–Trinajstić information content (AvgIpc) is 3.48. The average molecular weight is 516 g/mol. The van der Waals surface area contributed by atoms with E-state index in [4.69, 9.17) is 4.74 Å². The molecule has 4 aliphatic rings. The monoisotopic (exact) mass is 515 g/mol. The summed E-state index contributed by atoms with van der Waals surface area (Å²) in [6.45, 7) is 5.54. The number of amides is 2. The van der Waals surface area contributed by atoms with Crippen molar-refractivity contribution >= 4 is 11.8 Å². The fourth-order valence-electron chi connectivity index (χ4n) is 6.58. The van der Waals surface area contributed by atoms with E-state index in [1.54, 1.807) is 0 Å². The van der Waals surface area contributed by atoms with Crippen molar-refractivity contribution in [3.63, 3.8) is 0 Å². The summed E-state index contributed by atoms with van der Waals surface area (Å²) in [7, 11) is 0. The maximum Gasteiger partial charge on any atom is 0.253 e. The number of nitrogens with zero attached hydrogens (tertiary/aromatic N) is 3. The van der Waals surface area contributed by atoms with E-state index in [1.165, 1.54) is 37.9 Å². The van der Waals surface area contributed by atoms with Gasteiger partial charge >= 0.3 is 0 Å². The van der Waals surface area contributed by atoms with Crippen molar-refractivity contribution in [1.82, 2.24) is 14.7 Å². The van der Waals surface area contributed by atoms with Crippen molar-refractivity contribution in [3.8, 4) is 5.75 Å². The quantitative estimate of drug-likeness (QED) is 0.521. The van der Waals surface area contributed by atoms with Crippen LogP contribution in [0.1, 0.15) is 90.0 Å². The minimum atomic E-state index is 0.0655. The second kappa shape index (κ2) is 11.5. The summed E-state index contributed by atoms with van der Waals surface area (Å²) in [5.74, 6) is 1.60. The molecule has 2 amide bonds. The van der Waals surface area contributed by atoms with E-state index in [-0.39, 0.29) is 11.8 Å². The molecule has 6 rings (SSSR count). The maximum absolute atomic E-state index is 13.1. The summed E-state index contributed by atoms with van der Waals surface area (Å²) in [5.41, 5.74) is 2.68. The van der Waals surface area contributed by atoms with Crippen molar-refractivity contribution < 1.29 is 14.3 Å². The first-order chi connectivity index (χ1) is 18.6. The van der Waals surface area contributed by atoms with E-state index in [1.807, 2.05) is 34.1 Å². The SMILES string of the molecule is O=C(c1ccc(C(=O)N2CCC(c3ccc(OC4CCN(C5CCC5)CC4)cc3)CC2)cc1)N1CCCC1. The predicted molar refractivity (Wildman–Crippen MR) is 149 cm³/mol. The van der Waals surface area contributed by atoms with Crippen LogP contribution in [0, 0.1) is 0 Å². The summed E-state index contributed by atoms with van der Waals surface area (Å²) in [6, 6.07) is 16.8. The van der Waals surface area contributed by atoms with Crippen LogP contribution in [0.25, 0.3) is 0 Å². The number of ether oxygens (including phenoxy) is 1. The molecule has 0 spiro atoms. The van der Waals surface area contributed by atoms with Crippen molar-refractivity contribution in [2.24, 2.45) is 0 Å². The second-order valence-corrected chi connectivity index (χ2v) is 11.7. The van der Waals surface area contributed by atoms with Gasteiger partial charge in [0.25, 0.3) is 11.8 Å². The van der Waals surface area contributed by atoms with Crippen LogP contribution in [0.5, 0.6) is 5.75 Å². The van der Waals surface area contributed by atoms with Crippen LogP contribution < -0.4 is 4.74 Å². The van der Waals surface area contributed by atoms with Crippen LogP contribution in [0.4, 0.5) is 0 Å². The van der Waals surface area contributed by atoms with Crippen molar-refractivity contribution in [3.05, 3.63) is 65.2 Å². The second-order valence-electron chi connectivity index (χ2n) is 11.7. The molecule has 3 heterocycles. The molecule has 0 N–H and O–H groups in total. The molecule has 0 atom stereocenters. The highest BCUT2D eigenvalue weighted by molar-refractivity contribution is 5.98. The third-order valence-electron chi connectivity index (χ3n) is 9.28. The molecule has 0 unspecified atom stereocenters.